The molecule has 1 unspecified atom stereocenters. The van der Waals surface area contributed by atoms with E-state index in [0.717, 1.165) is 23.1 Å². The molecule has 0 amide bonds. The zero-order valence-corrected chi connectivity index (χ0v) is 12.8. The minimum Gasteiger partial charge on any atom is -0.485 e. The molecule has 1 aromatic heterocycles. The summed E-state index contributed by atoms with van der Waals surface area (Å²) in [7, 11) is 1.98. The van der Waals surface area contributed by atoms with Gasteiger partial charge in [0, 0.05) is 17.3 Å². The maximum Gasteiger partial charge on any atom is 0.184 e. The molecule has 1 atom stereocenters. The van der Waals surface area contributed by atoms with Gasteiger partial charge in [-0.05, 0) is 32.0 Å². The number of hydrogen-bond donors (Lipinski definition) is 1. The number of thiazole rings is 1. The van der Waals surface area contributed by atoms with E-state index in [1.807, 2.05) is 31.3 Å². The molecule has 2 aliphatic rings. The van der Waals surface area contributed by atoms with Crippen LogP contribution in [0.1, 0.15) is 40.4 Å². The van der Waals surface area contributed by atoms with Crippen LogP contribution in [0, 0.1) is 0 Å². The zero-order chi connectivity index (χ0) is 14.2. The highest BCUT2D eigenvalue weighted by molar-refractivity contribution is 7.11. The molecule has 1 fully saturated rings. The molecule has 0 spiro atoms. The van der Waals surface area contributed by atoms with Gasteiger partial charge in [-0.25, -0.2) is 4.98 Å². The van der Waals surface area contributed by atoms with Crippen LogP contribution in [0.25, 0.3) is 0 Å². The highest BCUT2D eigenvalue weighted by Gasteiger charge is 2.32. The van der Waals surface area contributed by atoms with Crippen molar-refractivity contribution in [3.05, 3.63) is 39.8 Å². The number of benzene rings is 1. The Hall–Kier alpha value is -1.59. The third-order valence-electron chi connectivity index (χ3n) is 3.83. The molecule has 4 nitrogen and oxygen atoms in total. The fourth-order valence-corrected chi connectivity index (χ4v) is 3.80. The van der Waals surface area contributed by atoms with E-state index < -0.39 is 0 Å². The van der Waals surface area contributed by atoms with Crippen molar-refractivity contribution in [3.63, 3.8) is 0 Å². The number of para-hydroxylation sites is 2. The van der Waals surface area contributed by atoms with Gasteiger partial charge in [0.25, 0.3) is 0 Å². The maximum absolute atomic E-state index is 6.07. The lowest BCUT2D eigenvalue weighted by Gasteiger charge is -2.24. The van der Waals surface area contributed by atoms with E-state index in [4.69, 9.17) is 14.5 Å². The minimum absolute atomic E-state index is 0.0898. The average Bonchev–Trinajstić information content (AvgIpc) is 3.28. The van der Waals surface area contributed by atoms with Crippen LogP contribution in [0.4, 0.5) is 0 Å². The highest BCUT2D eigenvalue weighted by atomic mass is 32.1. The quantitative estimate of drug-likeness (QED) is 0.941. The largest absolute Gasteiger partial charge is 0.485 e. The fourth-order valence-electron chi connectivity index (χ4n) is 2.62. The molecular weight excluding hydrogens is 284 g/mol. The van der Waals surface area contributed by atoms with Gasteiger partial charge in [0.05, 0.1) is 5.69 Å². The molecule has 5 heteroatoms. The second kappa shape index (κ2) is 5.31. The van der Waals surface area contributed by atoms with Gasteiger partial charge < -0.3 is 14.8 Å². The number of fused-ring (bicyclic) bond motifs is 1. The Kier molecular flexibility index (Phi) is 3.31. The lowest BCUT2D eigenvalue weighted by molar-refractivity contribution is 0.0910. The first-order valence-corrected chi connectivity index (χ1v) is 8.19. The summed E-state index contributed by atoms with van der Waals surface area (Å²) in [6.07, 6.45) is 2.45. The summed E-state index contributed by atoms with van der Waals surface area (Å²) >= 11 is 1.75. The molecule has 1 aromatic carbocycles. The molecule has 0 saturated heterocycles. The van der Waals surface area contributed by atoms with E-state index in [1.165, 1.54) is 23.4 Å². The Morgan fingerprint density at radius 1 is 1.29 bits per heavy atom. The average molecular weight is 302 g/mol. The predicted octanol–water partition coefficient (Wildman–Crippen LogP) is 3.25. The van der Waals surface area contributed by atoms with E-state index in [2.05, 4.69) is 5.32 Å². The van der Waals surface area contributed by atoms with Crippen LogP contribution >= 0.6 is 11.3 Å². The van der Waals surface area contributed by atoms with Crippen LogP contribution in [0.2, 0.25) is 0 Å². The Morgan fingerprint density at radius 2 is 2.10 bits per heavy atom. The third-order valence-corrected chi connectivity index (χ3v) is 4.99. The van der Waals surface area contributed by atoms with Gasteiger partial charge in [-0.15, -0.1) is 11.3 Å². The second-order valence-electron chi connectivity index (χ2n) is 5.53. The Labute approximate surface area is 128 Å². The lowest BCUT2D eigenvalue weighted by atomic mass is 10.2. The minimum atomic E-state index is -0.0898. The molecule has 2 heterocycles. The number of ether oxygens (including phenoxy) is 2. The van der Waals surface area contributed by atoms with Gasteiger partial charge in [-0.1, -0.05) is 12.1 Å². The van der Waals surface area contributed by atoms with E-state index in [-0.39, 0.29) is 6.10 Å². The van der Waals surface area contributed by atoms with Crippen LogP contribution in [-0.4, -0.2) is 18.6 Å². The van der Waals surface area contributed by atoms with Crippen molar-refractivity contribution >= 4 is 11.3 Å². The number of rotatable bonds is 4. The van der Waals surface area contributed by atoms with Crippen molar-refractivity contribution in [2.24, 2.45) is 0 Å². The molecule has 0 radical (unpaired) electrons. The number of nitrogens with one attached hydrogen (secondary N) is 1. The van der Waals surface area contributed by atoms with Gasteiger partial charge in [0.15, 0.2) is 17.6 Å². The van der Waals surface area contributed by atoms with E-state index >= 15 is 0 Å². The third kappa shape index (κ3) is 2.51. The SMILES string of the molecule is CNCc1sc(C2COc3ccccc3O2)nc1C1CC1. The van der Waals surface area contributed by atoms with Crippen LogP contribution in [-0.2, 0) is 6.54 Å². The van der Waals surface area contributed by atoms with Crippen molar-refractivity contribution in [1.82, 2.24) is 10.3 Å². The predicted molar refractivity (Wildman–Crippen MR) is 82.2 cm³/mol. The van der Waals surface area contributed by atoms with Gasteiger partial charge in [-0.3, -0.25) is 0 Å². The summed E-state index contributed by atoms with van der Waals surface area (Å²) in [4.78, 5) is 6.21. The summed E-state index contributed by atoms with van der Waals surface area (Å²) in [5.74, 6) is 2.30. The molecule has 110 valence electrons. The topological polar surface area (TPSA) is 43.4 Å². The molecule has 1 saturated carbocycles. The first-order valence-electron chi connectivity index (χ1n) is 7.37. The fraction of sp³-hybridized carbons (Fsp3) is 0.438. The number of nitrogens with zero attached hydrogens (tertiary/aromatic N) is 1. The Bertz CT molecular complexity index is 651. The van der Waals surface area contributed by atoms with E-state index in [9.17, 15) is 0 Å². The van der Waals surface area contributed by atoms with Crippen LogP contribution in [0.5, 0.6) is 11.5 Å². The molecule has 21 heavy (non-hydrogen) atoms. The van der Waals surface area contributed by atoms with Gasteiger partial charge in [0.2, 0.25) is 0 Å². The van der Waals surface area contributed by atoms with Crippen molar-refractivity contribution in [3.8, 4) is 11.5 Å². The molecule has 0 bridgehead atoms. The smallest absolute Gasteiger partial charge is 0.184 e. The molecule has 1 aliphatic heterocycles. The highest BCUT2D eigenvalue weighted by Crippen LogP contribution is 2.44. The Morgan fingerprint density at radius 3 is 2.86 bits per heavy atom. The Balaban J connectivity index is 1.61. The monoisotopic (exact) mass is 302 g/mol. The number of aromatic nitrogens is 1. The van der Waals surface area contributed by atoms with Crippen molar-refractivity contribution in [2.45, 2.75) is 31.4 Å². The van der Waals surface area contributed by atoms with Crippen LogP contribution in [0.3, 0.4) is 0 Å². The number of hydrogen-bond acceptors (Lipinski definition) is 5. The summed E-state index contributed by atoms with van der Waals surface area (Å²) in [6.45, 7) is 1.42. The first-order chi connectivity index (χ1) is 10.3. The van der Waals surface area contributed by atoms with Gasteiger partial charge in [0.1, 0.15) is 11.6 Å². The summed E-state index contributed by atoms with van der Waals surface area (Å²) in [5.41, 5.74) is 1.27. The van der Waals surface area contributed by atoms with Gasteiger partial charge in [-0.2, -0.15) is 0 Å². The standard InChI is InChI=1S/C16H18N2O2S/c1-17-8-14-15(10-6-7-10)18-16(21-14)13-9-19-11-4-2-3-5-12(11)20-13/h2-5,10,13,17H,6-9H2,1H3. The summed E-state index contributed by atoms with van der Waals surface area (Å²) in [6, 6.07) is 7.82. The van der Waals surface area contributed by atoms with Crippen LogP contribution < -0.4 is 14.8 Å². The second-order valence-corrected chi connectivity index (χ2v) is 6.64. The van der Waals surface area contributed by atoms with Crippen molar-refractivity contribution in [2.75, 3.05) is 13.7 Å². The van der Waals surface area contributed by atoms with Crippen molar-refractivity contribution in [1.29, 1.82) is 0 Å². The molecule has 1 aliphatic carbocycles. The maximum atomic E-state index is 6.07. The first kappa shape index (κ1) is 13.1. The molecule has 4 rings (SSSR count). The molecule has 1 N–H and O–H groups in total. The molecule has 2 aromatic rings. The van der Waals surface area contributed by atoms with Crippen molar-refractivity contribution < 1.29 is 9.47 Å². The van der Waals surface area contributed by atoms with E-state index in [0.29, 0.717) is 12.5 Å². The summed E-state index contributed by atoms with van der Waals surface area (Å²) < 4.78 is 11.9. The van der Waals surface area contributed by atoms with E-state index in [1.54, 1.807) is 11.3 Å². The normalized spacial score (nSPS) is 20.5. The zero-order valence-electron chi connectivity index (χ0n) is 12.0. The lowest BCUT2D eigenvalue weighted by Crippen LogP contribution is -2.21. The molecular formula is C16H18N2O2S. The van der Waals surface area contributed by atoms with Crippen LogP contribution in [0.15, 0.2) is 24.3 Å². The summed E-state index contributed by atoms with van der Waals surface area (Å²) in [5, 5.41) is 4.28. The van der Waals surface area contributed by atoms with Gasteiger partial charge >= 0.3 is 0 Å².